The molecular weight excluding hydrogens is 953 g/mol. The minimum atomic E-state index is -4.27. The zero-order valence-electron chi connectivity index (χ0n) is 40.7. The predicted octanol–water partition coefficient (Wildman–Crippen LogP) is 13.7. The van der Waals surface area contributed by atoms with Crippen molar-refractivity contribution < 1.29 is 35.4 Å². The van der Waals surface area contributed by atoms with Gasteiger partial charge in [0.1, 0.15) is 42.9 Å². The summed E-state index contributed by atoms with van der Waals surface area (Å²) < 4.78 is 74.2. The van der Waals surface area contributed by atoms with Gasteiger partial charge >= 0.3 is 0 Å². The van der Waals surface area contributed by atoms with E-state index in [-0.39, 0.29) is 42.8 Å². The van der Waals surface area contributed by atoms with Crippen molar-refractivity contribution in [1.29, 1.82) is 0 Å². The van der Waals surface area contributed by atoms with Gasteiger partial charge in [-0.05, 0) is 177 Å². The zero-order valence-corrected chi connectivity index (χ0v) is 43.9. The number of aryl methyl sites for hydroxylation is 2. The molecule has 8 rings (SSSR count). The molecule has 12 heteroatoms. The Morgan fingerprint density at radius 2 is 0.543 bits per heavy atom. The van der Waals surface area contributed by atoms with Gasteiger partial charge in [0.2, 0.25) is 0 Å². The fraction of sp³-hybridized carbons (Fsp3) is 0.172. The van der Waals surface area contributed by atoms with Crippen molar-refractivity contribution >= 4 is 42.0 Å². The van der Waals surface area contributed by atoms with Crippen molar-refractivity contribution in [2.75, 3.05) is 0 Å². The highest BCUT2D eigenvalue weighted by Gasteiger charge is 2.30. The van der Waals surface area contributed by atoms with E-state index < -0.39 is 20.2 Å². The Morgan fingerprint density at radius 3 is 0.743 bits per heavy atom. The van der Waals surface area contributed by atoms with E-state index in [0.717, 1.165) is 22.6 Å². The van der Waals surface area contributed by atoms with E-state index in [1.165, 1.54) is 53.6 Å². The molecule has 0 spiro atoms. The maximum atomic E-state index is 10.4. The minimum absolute atomic E-state index is 0.102. The second-order valence-corrected chi connectivity index (χ2v) is 24.6. The van der Waals surface area contributed by atoms with Crippen LogP contribution in [-0.2, 0) is 42.0 Å². The first-order valence-electron chi connectivity index (χ1n) is 22.4. The fourth-order valence-corrected chi connectivity index (χ4v) is 11.6. The summed E-state index contributed by atoms with van der Waals surface area (Å²) in [6.45, 7) is 16.1. The molecular formula is C58H60O8S4. The molecule has 0 radical (unpaired) electrons. The summed E-state index contributed by atoms with van der Waals surface area (Å²) in [5.41, 5.74) is 1.50. The van der Waals surface area contributed by atoms with Crippen molar-refractivity contribution in [2.24, 2.45) is 0 Å². The van der Waals surface area contributed by atoms with Gasteiger partial charge in [0.15, 0.2) is 29.4 Å². The van der Waals surface area contributed by atoms with Crippen LogP contribution in [0.5, 0.6) is 11.5 Å². The standard InChI is InChI=1S/2C22H23OS.2C7H8O3S/c2*1-22(2,3)23-18-14-16-21(17-15-18)24(19-10-6-4-7-11-19)20-12-8-5-9-13-20;2*1-6-2-4-7(5-3-6)11(8,9)10/h2*4-17H,1-3H3;2*2-5H,1H3,(H,8,9,10)/q2*+1;;/p-2. The van der Waals surface area contributed by atoms with Crippen LogP contribution in [0, 0.1) is 13.8 Å². The van der Waals surface area contributed by atoms with Crippen LogP contribution in [-0.4, -0.2) is 37.1 Å². The number of hydrogen-bond donors (Lipinski definition) is 0. The molecule has 0 heterocycles. The highest BCUT2D eigenvalue weighted by molar-refractivity contribution is 7.97. The first-order valence-corrected chi connectivity index (χ1v) is 27.6. The lowest BCUT2D eigenvalue weighted by molar-refractivity contribution is 0.130. The first-order chi connectivity index (χ1) is 33.1. The molecule has 8 aromatic carbocycles. The molecule has 0 aliphatic rings. The van der Waals surface area contributed by atoms with Crippen molar-refractivity contribution in [1.82, 2.24) is 0 Å². The molecule has 0 unspecified atom stereocenters. The van der Waals surface area contributed by atoms with Crippen LogP contribution in [0.4, 0.5) is 0 Å². The Morgan fingerprint density at radius 1 is 0.329 bits per heavy atom. The highest BCUT2D eigenvalue weighted by atomic mass is 32.2. The van der Waals surface area contributed by atoms with E-state index in [4.69, 9.17) is 9.47 Å². The molecule has 364 valence electrons. The number of hydrogen-bond acceptors (Lipinski definition) is 8. The van der Waals surface area contributed by atoms with Gasteiger partial charge in [-0.3, -0.25) is 0 Å². The van der Waals surface area contributed by atoms with E-state index in [1.54, 1.807) is 24.3 Å². The monoisotopic (exact) mass is 1010 g/mol. The lowest BCUT2D eigenvalue weighted by atomic mass is 10.2. The van der Waals surface area contributed by atoms with Crippen LogP contribution >= 0.6 is 0 Å². The van der Waals surface area contributed by atoms with Crippen LogP contribution in [0.25, 0.3) is 0 Å². The zero-order chi connectivity index (χ0) is 51.0. The largest absolute Gasteiger partial charge is 0.744 e. The van der Waals surface area contributed by atoms with Crippen LogP contribution in [0.2, 0.25) is 0 Å². The average molecular weight is 1010 g/mol. The molecule has 0 bridgehead atoms. The third-order valence-electron chi connectivity index (χ3n) is 9.50. The number of benzene rings is 8. The van der Waals surface area contributed by atoms with Crippen LogP contribution in [0.1, 0.15) is 52.7 Å². The summed E-state index contributed by atoms with van der Waals surface area (Å²) in [5.74, 6) is 1.83. The molecule has 0 amide bonds. The van der Waals surface area contributed by atoms with Gasteiger partial charge < -0.3 is 18.6 Å². The van der Waals surface area contributed by atoms with E-state index in [9.17, 15) is 25.9 Å². The molecule has 0 atom stereocenters. The third kappa shape index (κ3) is 18.3. The topological polar surface area (TPSA) is 133 Å². The SMILES string of the molecule is CC(C)(C)Oc1ccc([S+](c2ccccc2)c2ccccc2)cc1.CC(C)(C)Oc1ccc([S+](c2ccccc2)c2ccccc2)cc1.Cc1ccc(S(=O)(=O)[O-])cc1.Cc1ccc(S(=O)(=O)[O-])cc1. The first kappa shape index (κ1) is 54.8. The molecule has 0 fully saturated rings. The normalized spacial score (nSPS) is 11.5. The molecule has 0 N–H and O–H groups in total. The number of rotatable bonds is 10. The summed E-state index contributed by atoms with van der Waals surface area (Å²) in [4.78, 5) is 7.55. The predicted molar refractivity (Wildman–Crippen MR) is 282 cm³/mol. The summed E-state index contributed by atoms with van der Waals surface area (Å²) in [6, 6.07) is 71.4. The van der Waals surface area contributed by atoms with Crippen molar-refractivity contribution in [2.45, 2.75) is 106 Å². The average Bonchev–Trinajstić information content (AvgIpc) is 3.31. The lowest BCUT2D eigenvalue weighted by Gasteiger charge is -2.21. The Labute approximate surface area is 421 Å². The molecule has 8 nitrogen and oxygen atoms in total. The smallest absolute Gasteiger partial charge is 0.166 e. The van der Waals surface area contributed by atoms with E-state index >= 15 is 0 Å². The second kappa shape index (κ2) is 25.1. The van der Waals surface area contributed by atoms with Gasteiger partial charge in [-0.1, -0.05) is 108 Å². The van der Waals surface area contributed by atoms with E-state index in [1.807, 2.05) is 13.8 Å². The molecule has 0 aliphatic carbocycles. The molecule has 70 heavy (non-hydrogen) atoms. The van der Waals surface area contributed by atoms with Gasteiger partial charge in [0.25, 0.3) is 0 Å². The van der Waals surface area contributed by atoms with Gasteiger partial charge in [-0.25, -0.2) is 16.8 Å². The summed E-state index contributed by atoms with van der Waals surface area (Å²) in [5, 5.41) is 0. The Bertz CT molecular complexity index is 2720. The summed E-state index contributed by atoms with van der Waals surface area (Å²) in [6.07, 6.45) is 0. The number of ether oxygens (including phenoxy) is 2. The molecule has 0 saturated heterocycles. The fourth-order valence-electron chi connectivity index (χ4n) is 6.45. The maximum absolute atomic E-state index is 10.4. The molecule has 0 aliphatic heterocycles. The third-order valence-corrected chi connectivity index (χ3v) is 15.7. The van der Waals surface area contributed by atoms with Crippen molar-refractivity contribution in [3.63, 3.8) is 0 Å². The van der Waals surface area contributed by atoms with Gasteiger partial charge in [-0.15, -0.1) is 0 Å². The maximum Gasteiger partial charge on any atom is 0.166 e. The second-order valence-electron chi connectivity index (χ2n) is 17.8. The minimum Gasteiger partial charge on any atom is -0.744 e. The lowest BCUT2D eigenvalue weighted by Crippen LogP contribution is -2.22. The Balaban J connectivity index is 0.000000185. The van der Waals surface area contributed by atoms with Gasteiger partial charge in [-0.2, -0.15) is 0 Å². The quantitative estimate of drug-likeness (QED) is 0.0977. The summed E-state index contributed by atoms with van der Waals surface area (Å²) in [7, 11) is -8.74. The van der Waals surface area contributed by atoms with Crippen LogP contribution in [0.15, 0.2) is 258 Å². The van der Waals surface area contributed by atoms with E-state index in [0.29, 0.717) is 0 Å². The Kier molecular flexibility index (Phi) is 19.7. The van der Waals surface area contributed by atoms with Gasteiger partial charge in [0, 0.05) is 0 Å². The summed E-state index contributed by atoms with van der Waals surface area (Å²) >= 11 is 0. The highest BCUT2D eigenvalue weighted by Crippen LogP contribution is 2.34. The van der Waals surface area contributed by atoms with Crippen LogP contribution < -0.4 is 9.47 Å². The molecule has 8 aromatic rings. The van der Waals surface area contributed by atoms with Crippen LogP contribution in [0.3, 0.4) is 0 Å². The molecule has 0 saturated carbocycles. The van der Waals surface area contributed by atoms with Gasteiger partial charge in [0.05, 0.1) is 31.6 Å². The molecule has 0 aromatic heterocycles. The van der Waals surface area contributed by atoms with Crippen molar-refractivity contribution in [3.05, 3.63) is 230 Å². The Hall–Kier alpha value is -6.12. The van der Waals surface area contributed by atoms with E-state index in [2.05, 4.69) is 211 Å². The van der Waals surface area contributed by atoms with Crippen molar-refractivity contribution in [3.8, 4) is 11.5 Å².